The Labute approximate surface area is 119 Å². The van der Waals surface area contributed by atoms with E-state index in [9.17, 15) is 0 Å². The molecule has 0 bridgehead atoms. The van der Waals surface area contributed by atoms with Crippen molar-refractivity contribution in [3.8, 4) is 0 Å². The van der Waals surface area contributed by atoms with Crippen molar-refractivity contribution in [2.24, 2.45) is 0 Å². The predicted molar refractivity (Wildman–Crippen MR) is 73.6 cm³/mol. The van der Waals surface area contributed by atoms with Gasteiger partial charge in [-0.2, -0.15) is 4.98 Å². The highest BCUT2D eigenvalue weighted by Gasteiger charge is 2.02. The molecule has 0 radical (unpaired) electrons. The quantitative estimate of drug-likeness (QED) is 0.856. The molecule has 6 heteroatoms. The molecule has 18 heavy (non-hydrogen) atoms. The first-order valence-corrected chi connectivity index (χ1v) is 6.76. The van der Waals surface area contributed by atoms with Crippen molar-refractivity contribution >= 4 is 27.5 Å². The number of benzene rings is 1. The molecule has 0 amide bonds. The molecule has 0 unspecified atom stereocenters. The second-order valence-corrected chi connectivity index (χ2v) is 5.17. The van der Waals surface area contributed by atoms with Gasteiger partial charge in [0, 0.05) is 24.0 Å². The van der Waals surface area contributed by atoms with Crippen LogP contribution in [0, 0.1) is 6.92 Å². The molecule has 1 aromatic heterocycles. The second-order valence-electron chi connectivity index (χ2n) is 3.91. The molecule has 1 aromatic carbocycles. The summed E-state index contributed by atoms with van der Waals surface area (Å²) in [5.41, 5.74) is 1.14. The van der Waals surface area contributed by atoms with Gasteiger partial charge in [0.15, 0.2) is 5.82 Å². The van der Waals surface area contributed by atoms with E-state index >= 15 is 0 Å². The van der Waals surface area contributed by atoms with Crippen LogP contribution in [0.5, 0.6) is 0 Å². The van der Waals surface area contributed by atoms with Gasteiger partial charge in [0.25, 0.3) is 0 Å². The van der Waals surface area contributed by atoms with Crippen LogP contribution >= 0.6 is 27.5 Å². The lowest BCUT2D eigenvalue weighted by atomic mass is 10.2. The molecule has 0 spiro atoms. The van der Waals surface area contributed by atoms with Crippen LogP contribution in [0.25, 0.3) is 0 Å². The van der Waals surface area contributed by atoms with Crippen molar-refractivity contribution in [2.45, 2.75) is 19.9 Å². The van der Waals surface area contributed by atoms with Crippen molar-refractivity contribution in [3.05, 3.63) is 45.0 Å². The molecule has 1 N–H and O–H groups in total. The number of rotatable bonds is 5. The van der Waals surface area contributed by atoms with E-state index < -0.39 is 0 Å². The topological polar surface area (TPSA) is 51.0 Å². The first kappa shape index (κ1) is 13.5. The van der Waals surface area contributed by atoms with E-state index in [2.05, 4.69) is 31.4 Å². The van der Waals surface area contributed by atoms with Gasteiger partial charge in [-0.05, 0) is 40.5 Å². The summed E-state index contributed by atoms with van der Waals surface area (Å²) in [4.78, 5) is 4.14. The second kappa shape index (κ2) is 6.31. The molecular formula is C12H13BrClN3O. The average molecular weight is 331 g/mol. The largest absolute Gasteiger partial charge is 0.339 e. The fourth-order valence-corrected chi connectivity index (χ4v) is 1.97. The van der Waals surface area contributed by atoms with Crippen LogP contribution in [0.4, 0.5) is 0 Å². The lowest BCUT2D eigenvalue weighted by Crippen LogP contribution is -2.16. The van der Waals surface area contributed by atoms with Gasteiger partial charge in [0.1, 0.15) is 0 Å². The lowest BCUT2D eigenvalue weighted by molar-refractivity contribution is 0.372. The average Bonchev–Trinajstić information content (AvgIpc) is 2.75. The van der Waals surface area contributed by atoms with E-state index in [1.54, 1.807) is 0 Å². The summed E-state index contributed by atoms with van der Waals surface area (Å²) in [5, 5.41) is 7.77. The third-order valence-corrected chi connectivity index (χ3v) is 3.63. The van der Waals surface area contributed by atoms with Crippen LogP contribution in [0.15, 0.2) is 27.2 Å². The van der Waals surface area contributed by atoms with Crippen molar-refractivity contribution in [1.29, 1.82) is 0 Å². The van der Waals surface area contributed by atoms with E-state index in [-0.39, 0.29) is 0 Å². The van der Waals surface area contributed by atoms with E-state index in [0.717, 1.165) is 34.6 Å². The van der Waals surface area contributed by atoms with Crippen LogP contribution in [0.3, 0.4) is 0 Å². The van der Waals surface area contributed by atoms with Crippen LogP contribution in [0.2, 0.25) is 5.02 Å². The van der Waals surface area contributed by atoms with Crippen molar-refractivity contribution in [2.75, 3.05) is 6.54 Å². The highest BCUT2D eigenvalue weighted by molar-refractivity contribution is 9.10. The number of hydrogen-bond donors (Lipinski definition) is 1. The van der Waals surface area contributed by atoms with Crippen LogP contribution in [0.1, 0.15) is 17.3 Å². The van der Waals surface area contributed by atoms with E-state index in [0.29, 0.717) is 11.7 Å². The molecule has 2 aromatic rings. The van der Waals surface area contributed by atoms with Crippen LogP contribution in [-0.4, -0.2) is 16.7 Å². The Morgan fingerprint density at radius 3 is 2.94 bits per heavy atom. The first-order valence-electron chi connectivity index (χ1n) is 5.59. The minimum atomic E-state index is 0.661. The molecule has 0 fully saturated rings. The highest BCUT2D eigenvalue weighted by Crippen LogP contribution is 2.22. The van der Waals surface area contributed by atoms with Crippen molar-refractivity contribution in [1.82, 2.24) is 15.5 Å². The first-order chi connectivity index (χ1) is 8.65. The smallest absolute Gasteiger partial charge is 0.227 e. The zero-order valence-corrected chi connectivity index (χ0v) is 12.3. The third kappa shape index (κ3) is 3.80. The third-order valence-electron chi connectivity index (χ3n) is 2.40. The minimum Gasteiger partial charge on any atom is -0.339 e. The molecule has 2 rings (SSSR count). The zero-order chi connectivity index (χ0) is 13.0. The number of halogens is 2. The fourth-order valence-electron chi connectivity index (χ4n) is 1.52. The summed E-state index contributed by atoms with van der Waals surface area (Å²) in [6.07, 6.45) is 0.727. The summed E-state index contributed by atoms with van der Waals surface area (Å²) in [6.45, 7) is 3.36. The number of aromatic nitrogens is 2. The number of hydrogen-bond acceptors (Lipinski definition) is 4. The molecule has 0 aliphatic carbocycles. The van der Waals surface area contributed by atoms with E-state index in [1.165, 1.54) is 0 Å². The van der Waals surface area contributed by atoms with Crippen LogP contribution < -0.4 is 5.32 Å². The molecule has 0 saturated carbocycles. The monoisotopic (exact) mass is 329 g/mol. The minimum absolute atomic E-state index is 0.661. The summed E-state index contributed by atoms with van der Waals surface area (Å²) in [7, 11) is 0. The van der Waals surface area contributed by atoms with Crippen molar-refractivity contribution < 1.29 is 4.52 Å². The molecule has 0 aliphatic heterocycles. The van der Waals surface area contributed by atoms with Crippen LogP contribution in [-0.2, 0) is 13.0 Å². The Morgan fingerprint density at radius 2 is 2.28 bits per heavy atom. The van der Waals surface area contributed by atoms with Gasteiger partial charge >= 0.3 is 0 Å². The van der Waals surface area contributed by atoms with Gasteiger partial charge in [-0.15, -0.1) is 0 Å². The Bertz CT molecular complexity index is 530. The SMILES string of the molecule is Cc1noc(CCNCc2ccc(Br)c(Cl)c2)n1. The van der Waals surface area contributed by atoms with Crippen molar-refractivity contribution in [3.63, 3.8) is 0 Å². The fraction of sp³-hybridized carbons (Fsp3) is 0.333. The standard InChI is InChI=1S/C12H13BrClN3O/c1-8-16-12(18-17-8)4-5-15-7-9-2-3-10(13)11(14)6-9/h2-3,6,15H,4-5,7H2,1H3. The Kier molecular flexibility index (Phi) is 4.74. The summed E-state index contributed by atoms with van der Waals surface area (Å²) >= 11 is 9.38. The molecular weight excluding hydrogens is 318 g/mol. The summed E-state index contributed by atoms with van der Waals surface area (Å²) < 4.78 is 5.93. The zero-order valence-electron chi connectivity index (χ0n) is 9.91. The van der Waals surface area contributed by atoms with Gasteiger partial charge in [-0.25, -0.2) is 0 Å². The molecule has 0 aliphatic rings. The van der Waals surface area contributed by atoms with E-state index in [1.807, 2.05) is 25.1 Å². The summed E-state index contributed by atoms with van der Waals surface area (Å²) in [5.74, 6) is 1.33. The van der Waals surface area contributed by atoms with Gasteiger partial charge in [0.05, 0.1) is 5.02 Å². The Hall–Kier alpha value is -0.910. The number of nitrogens with zero attached hydrogens (tertiary/aromatic N) is 2. The number of nitrogens with one attached hydrogen (secondary N) is 1. The Morgan fingerprint density at radius 1 is 1.44 bits per heavy atom. The summed E-state index contributed by atoms with van der Waals surface area (Å²) in [6, 6.07) is 5.91. The number of aryl methyl sites for hydroxylation is 1. The van der Waals surface area contributed by atoms with E-state index in [4.69, 9.17) is 16.1 Å². The van der Waals surface area contributed by atoms with Gasteiger partial charge in [-0.3, -0.25) is 0 Å². The normalized spacial score (nSPS) is 10.8. The van der Waals surface area contributed by atoms with Gasteiger partial charge in [-0.1, -0.05) is 22.8 Å². The Balaban J connectivity index is 1.76. The maximum absolute atomic E-state index is 6.02. The highest BCUT2D eigenvalue weighted by atomic mass is 79.9. The molecule has 4 nitrogen and oxygen atoms in total. The molecule has 0 saturated heterocycles. The molecule has 1 heterocycles. The maximum atomic E-state index is 6.02. The lowest BCUT2D eigenvalue weighted by Gasteiger charge is -2.04. The maximum Gasteiger partial charge on any atom is 0.227 e. The van der Waals surface area contributed by atoms with Gasteiger partial charge < -0.3 is 9.84 Å². The molecule has 0 atom stereocenters. The predicted octanol–water partition coefficient (Wildman–Crippen LogP) is 3.13. The molecule has 96 valence electrons. The van der Waals surface area contributed by atoms with Gasteiger partial charge in [0.2, 0.25) is 5.89 Å².